The molecule has 1 saturated carbocycles. The van der Waals surface area contributed by atoms with E-state index in [0.717, 1.165) is 5.56 Å². The zero-order valence-electron chi connectivity index (χ0n) is 12.0. The smallest absolute Gasteiger partial charge is 0.328 e. The second kappa shape index (κ2) is 6.94. The Morgan fingerprint density at radius 2 is 2.23 bits per heavy atom. The summed E-state index contributed by atoms with van der Waals surface area (Å²) in [6.07, 6.45) is 2.88. The zero-order chi connectivity index (χ0) is 16.2. The second-order valence-electron chi connectivity index (χ2n) is 5.28. The van der Waals surface area contributed by atoms with Crippen molar-refractivity contribution in [2.75, 3.05) is 13.2 Å². The predicted molar refractivity (Wildman–Crippen MR) is 82.9 cm³/mol. The monoisotopic (exact) mass is 323 g/mol. The van der Waals surface area contributed by atoms with Crippen LogP contribution in [0.2, 0.25) is 5.02 Å². The third-order valence-electron chi connectivity index (χ3n) is 3.69. The molecule has 1 amide bonds. The molecule has 0 heterocycles. The minimum atomic E-state index is -1.13. The molecule has 1 aliphatic rings. The zero-order valence-corrected chi connectivity index (χ0v) is 12.8. The van der Waals surface area contributed by atoms with Crippen LogP contribution in [0.4, 0.5) is 0 Å². The van der Waals surface area contributed by atoms with E-state index in [9.17, 15) is 14.7 Å². The van der Waals surface area contributed by atoms with Crippen LogP contribution in [0.15, 0.2) is 36.9 Å². The molecule has 0 aliphatic heterocycles. The number of nitrogens with one attached hydrogen (secondary N) is 1. The average Bonchev–Trinajstić information content (AvgIpc) is 3.28. The first-order valence-corrected chi connectivity index (χ1v) is 7.36. The highest BCUT2D eigenvalue weighted by atomic mass is 35.5. The summed E-state index contributed by atoms with van der Waals surface area (Å²) in [6.45, 7) is 3.62. The van der Waals surface area contributed by atoms with Crippen LogP contribution in [0.5, 0.6) is 0 Å². The molecule has 22 heavy (non-hydrogen) atoms. The fourth-order valence-electron chi connectivity index (χ4n) is 2.30. The number of amides is 1. The minimum Gasteiger partial charge on any atom is -0.480 e. The molecule has 6 heteroatoms. The molecule has 1 fully saturated rings. The number of rotatable bonds is 8. The van der Waals surface area contributed by atoms with Crippen LogP contribution in [0, 0.1) is 0 Å². The standard InChI is InChI=1S/C16H18ClNO4/c1-2-8-22-10-13(14(19)20)18-15(21)16(6-7-16)11-4-3-5-12(17)9-11/h2-5,9,13H,1,6-8,10H2,(H,18,21)(H,19,20). The average molecular weight is 324 g/mol. The van der Waals surface area contributed by atoms with Crippen molar-refractivity contribution in [1.29, 1.82) is 0 Å². The highest BCUT2D eigenvalue weighted by Gasteiger charge is 2.52. The van der Waals surface area contributed by atoms with Crippen molar-refractivity contribution in [2.24, 2.45) is 0 Å². The third-order valence-corrected chi connectivity index (χ3v) is 3.92. The number of benzene rings is 1. The van der Waals surface area contributed by atoms with Crippen molar-refractivity contribution in [2.45, 2.75) is 24.3 Å². The van der Waals surface area contributed by atoms with E-state index in [1.54, 1.807) is 18.2 Å². The molecule has 2 N–H and O–H groups in total. The van der Waals surface area contributed by atoms with E-state index in [4.69, 9.17) is 16.3 Å². The van der Waals surface area contributed by atoms with Gasteiger partial charge in [0.15, 0.2) is 6.04 Å². The molecule has 0 aromatic heterocycles. The fourth-order valence-corrected chi connectivity index (χ4v) is 2.49. The Morgan fingerprint density at radius 3 is 2.77 bits per heavy atom. The summed E-state index contributed by atoms with van der Waals surface area (Å²) in [6, 6.07) is 6.03. The summed E-state index contributed by atoms with van der Waals surface area (Å²) in [5.74, 6) is -1.43. The van der Waals surface area contributed by atoms with Gasteiger partial charge in [-0.1, -0.05) is 29.8 Å². The number of halogens is 1. The van der Waals surface area contributed by atoms with Crippen LogP contribution in [0.1, 0.15) is 18.4 Å². The van der Waals surface area contributed by atoms with Crippen LogP contribution >= 0.6 is 11.6 Å². The SMILES string of the molecule is C=CCOCC(NC(=O)C1(c2cccc(Cl)c2)CC1)C(=O)O. The quantitative estimate of drug-likeness (QED) is 0.568. The molecule has 1 aliphatic carbocycles. The Balaban J connectivity index is 2.06. The fraction of sp³-hybridized carbons (Fsp3) is 0.375. The number of carbonyl (C=O) groups excluding carboxylic acids is 1. The van der Waals surface area contributed by atoms with E-state index < -0.39 is 17.4 Å². The van der Waals surface area contributed by atoms with Crippen molar-refractivity contribution in [3.63, 3.8) is 0 Å². The summed E-state index contributed by atoms with van der Waals surface area (Å²) in [4.78, 5) is 23.7. The molecule has 0 saturated heterocycles. The van der Waals surface area contributed by atoms with Crippen molar-refractivity contribution < 1.29 is 19.4 Å². The molecule has 5 nitrogen and oxygen atoms in total. The first kappa shape index (κ1) is 16.5. The molecule has 1 aromatic rings. The van der Waals surface area contributed by atoms with Gasteiger partial charge < -0.3 is 15.2 Å². The maximum atomic E-state index is 12.5. The summed E-state index contributed by atoms with van der Waals surface area (Å²) < 4.78 is 5.13. The normalized spacial score (nSPS) is 16.6. The van der Waals surface area contributed by atoms with Crippen LogP contribution in [-0.4, -0.2) is 36.2 Å². The van der Waals surface area contributed by atoms with E-state index in [1.165, 1.54) is 6.08 Å². The Bertz CT molecular complexity index is 583. The number of carbonyl (C=O) groups is 2. The molecule has 2 rings (SSSR count). The van der Waals surface area contributed by atoms with Crippen LogP contribution in [-0.2, 0) is 19.7 Å². The maximum Gasteiger partial charge on any atom is 0.328 e. The van der Waals surface area contributed by atoms with Gasteiger partial charge in [0, 0.05) is 5.02 Å². The number of hydrogen-bond donors (Lipinski definition) is 2. The van der Waals surface area contributed by atoms with E-state index in [-0.39, 0.29) is 19.1 Å². The van der Waals surface area contributed by atoms with Gasteiger partial charge >= 0.3 is 5.97 Å². The number of ether oxygens (including phenoxy) is 1. The molecule has 118 valence electrons. The van der Waals surface area contributed by atoms with E-state index in [0.29, 0.717) is 17.9 Å². The number of hydrogen-bond acceptors (Lipinski definition) is 3. The van der Waals surface area contributed by atoms with Crippen molar-refractivity contribution in [3.05, 3.63) is 47.5 Å². The van der Waals surface area contributed by atoms with Crippen molar-refractivity contribution in [3.8, 4) is 0 Å². The van der Waals surface area contributed by atoms with Crippen LogP contribution in [0.25, 0.3) is 0 Å². The summed E-state index contributed by atoms with van der Waals surface area (Å²) in [5, 5.41) is 12.3. The van der Waals surface area contributed by atoms with Gasteiger partial charge in [-0.25, -0.2) is 4.79 Å². The Morgan fingerprint density at radius 1 is 1.50 bits per heavy atom. The van der Waals surface area contributed by atoms with Gasteiger partial charge in [-0.05, 0) is 30.5 Å². The van der Waals surface area contributed by atoms with Gasteiger partial charge in [0.05, 0.1) is 18.6 Å². The predicted octanol–water partition coefficient (Wildman–Crippen LogP) is 2.14. The van der Waals surface area contributed by atoms with Gasteiger partial charge in [-0.3, -0.25) is 4.79 Å². The van der Waals surface area contributed by atoms with E-state index in [2.05, 4.69) is 11.9 Å². The van der Waals surface area contributed by atoms with Crippen molar-refractivity contribution >= 4 is 23.5 Å². The highest BCUT2D eigenvalue weighted by Crippen LogP contribution is 2.48. The van der Waals surface area contributed by atoms with E-state index >= 15 is 0 Å². The summed E-state index contributed by atoms with van der Waals surface area (Å²) in [5.41, 5.74) is 0.144. The lowest BCUT2D eigenvalue weighted by atomic mass is 9.94. The second-order valence-corrected chi connectivity index (χ2v) is 5.72. The molecule has 1 aromatic carbocycles. The van der Waals surface area contributed by atoms with Gasteiger partial charge in [-0.15, -0.1) is 6.58 Å². The summed E-state index contributed by atoms with van der Waals surface area (Å²) >= 11 is 5.97. The van der Waals surface area contributed by atoms with Gasteiger partial charge in [0.25, 0.3) is 0 Å². The third kappa shape index (κ3) is 3.67. The lowest BCUT2D eigenvalue weighted by Crippen LogP contribution is -2.48. The number of carboxylic acids is 1. The molecule has 1 unspecified atom stereocenters. The number of aliphatic carboxylic acids is 1. The molecule has 0 bridgehead atoms. The molecule has 1 atom stereocenters. The van der Waals surface area contributed by atoms with Gasteiger partial charge in [0.1, 0.15) is 0 Å². The van der Waals surface area contributed by atoms with E-state index in [1.807, 2.05) is 6.07 Å². The molecule has 0 spiro atoms. The molecular formula is C16H18ClNO4. The van der Waals surface area contributed by atoms with Crippen LogP contribution < -0.4 is 5.32 Å². The first-order chi connectivity index (χ1) is 10.5. The topological polar surface area (TPSA) is 75.6 Å². The Hall–Kier alpha value is -1.85. The minimum absolute atomic E-state index is 0.0985. The lowest BCUT2D eigenvalue weighted by molar-refractivity contribution is -0.143. The molecule has 0 radical (unpaired) electrons. The van der Waals surface area contributed by atoms with Gasteiger partial charge in [-0.2, -0.15) is 0 Å². The summed E-state index contributed by atoms with van der Waals surface area (Å²) in [7, 11) is 0. The largest absolute Gasteiger partial charge is 0.480 e. The number of carboxylic acid groups (broad SMARTS) is 1. The lowest BCUT2D eigenvalue weighted by Gasteiger charge is -2.20. The Kier molecular flexibility index (Phi) is 5.21. The van der Waals surface area contributed by atoms with Crippen molar-refractivity contribution in [1.82, 2.24) is 5.32 Å². The first-order valence-electron chi connectivity index (χ1n) is 6.98. The van der Waals surface area contributed by atoms with Gasteiger partial charge in [0.2, 0.25) is 5.91 Å². The Labute approximate surface area is 133 Å². The van der Waals surface area contributed by atoms with Crippen LogP contribution in [0.3, 0.4) is 0 Å². The molecular weight excluding hydrogens is 306 g/mol. The maximum absolute atomic E-state index is 12.5. The highest BCUT2D eigenvalue weighted by molar-refractivity contribution is 6.30.